The minimum absolute atomic E-state index is 0.880. The lowest BCUT2D eigenvalue weighted by Gasteiger charge is -2.14. The summed E-state index contributed by atoms with van der Waals surface area (Å²) in [5, 5.41) is 11.8. The Labute approximate surface area is 297 Å². The summed E-state index contributed by atoms with van der Waals surface area (Å²) >= 11 is 0. The molecule has 3 aromatic heterocycles. The van der Waals surface area contributed by atoms with Crippen molar-refractivity contribution in [2.24, 2.45) is 0 Å². The molecule has 52 heavy (non-hydrogen) atoms. The van der Waals surface area contributed by atoms with E-state index < -0.39 is 0 Å². The summed E-state index contributed by atoms with van der Waals surface area (Å²) in [5.41, 5.74) is 10.9. The molecule has 4 heteroatoms. The van der Waals surface area contributed by atoms with Gasteiger partial charge in [0, 0.05) is 38.4 Å². The van der Waals surface area contributed by atoms with Crippen molar-refractivity contribution in [2.75, 3.05) is 0 Å². The molecule has 3 heterocycles. The van der Waals surface area contributed by atoms with Gasteiger partial charge in [-0.15, -0.1) is 0 Å². The van der Waals surface area contributed by atoms with Crippen LogP contribution < -0.4 is 0 Å². The van der Waals surface area contributed by atoms with Crippen LogP contribution in [0, 0.1) is 0 Å². The quantitative estimate of drug-likeness (QED) is 0.189. The fourth-order valence-corrected chi connectivity index (χ4v) is 8.59. The van der Waals surface area contributed by atoms with E-state index in [9.17, 15) is 0 Å². The minimum atomic E-state index is 0.880. The Morgan fingerprint density at radius 3 is 1.73 bits per heavy atom. The molecule has 4 nitrogen and oxygen atoms in total. The third kappa shape index (κ3) is 3.81. The van der Waals surface area contributed by atoms with Crippen molar-refractivity contribution in [3.63, 3.8) is 0 Å². The van der Waals surface area contributed by atoms with E-state index in [2.05, 4.69) is 144 Å². The number of rotatable bonds is 3. The second kappa shape index (κ2) is 10.3. The lowest BCUT2D eigenvalue weighted by atomic mass is 9.97. The lowest BCUT2D eigenvalue weighted by Crippen LogP contribution is -1.97. The maximum absolute atomic E-state index is 6.63. The van der Waals surface area contributed by atoms with E-state index in [0.717, 1.165) is 71.9 Å². The molecule has 0 aliphatic rings. The predicted octanol–water partition coefficient (Wildman–Crippen LogP) is 12.9. The number of aromatic nitrogens is 3. The first-order chi connectivity index (χ1) is 25.8. The van der Waals surface area contributed by atoms with Crippen LogP contribution in [0.4, 0.5) is 0 Å². The number of nitrogens with zero attached hydrogens (tertiary/aromatic N) is 3. The van der Waals surface area contributed by atoms with Crippen molar-refractivity contribution in [1.29, 1.82) is 0 Å². The van der Waals surface area contributed by atoms with E-state index in [1.54, 1.807) is 0 Å². The van der Waals surface area contributed by atoms with E-state index in [0.29, 0.717) is 0 Å². The van der Waals surface area contributed by atoms with Crippen molar-refractivity contribution in [3.8, 4) is 28.2 Å². The molecule has 0 radical (unpaired) electrons. The maximum atomic E-state index is 6.63. The molecule has 240 valence electrons. The van der Waals surface area contributed by atoms with Crippen LogP contribution in [0.1, 0.15) is 0 Å². The van der Waals surface area contributed by atoms with Crippen LogP contribution in [0.3, 0.4) is 0 Å². The molecule has 0 fully saturated rings. The zero-order chi connectivity index (χ0) is 33.9. The average molecular weight is 662 g/mol. The topological polar surface area (TPSA) is 43.9 Å². The third-order valence-electron chi connectivity index (χ3n) is 10.9. The normalized spacial score (nSPS) is 12.2. The van der Waals surface area contributed by atoms with Gasteiger partial charge in [0.05, 0.1) is 33.5 Å². The second-order valence-corrected chi connectivity index (χ2v) is 13.7. The summed E-state index contributed by atoms with van der Waals surface area (Å²) in [7, 11) is 0. The molecule has 0 aliphatic heterocycles. The van der Waals surface area contributed by atoms with Crippen LogP contribution >= 0.6 is 0 Å². The molecule has 12 rings (SSSR count). The molecule has 0 aliphatic carbocycles. The van der Waals surface area contributed by atoms with Crippen molar-refractivity contribution < 1.29 is 4.42 Å². The lowest BCUT2D eigenvalue weighted by molar-refractivity contribution is 0.664. The smallest absolute Gasteiger partial charge is 0.135 e. The Balaban J connectivity index is 1.08. The van der Waals surface area contributed by atoms with Crippen LogP contribution in [-0.4, -0.2) is 14.5 Å². The summed E-state index contributed by atoms with van der Waals surface area (Å²) in [6, 6.07) is 58.2. The Hall–Kier alpha value is -7.04. The van der Waals surface area contributed by atoms with Gasteiger partial charge in [0.1, 0.15) is 11.2 Å². The van der Waals surface area contributed by atoms with Gasteiger partial charge < -0.3 is 8.98 Å². The van der Waals surface area contributed by atoms with Crippen LogP contribution in [0.2, 0.25) is 0 Å². The first-order valence-electron chi connectivity index (χ1n) is 17.7. The molecular weight excluding hydrogens is 635 g/mol. The van der Waals surface area contributed by atoms with Gasteiger partial charge in [-0.3, -0.25) is 0 Å². The van der Waals surface area contributed by atoms with Gasteiger partial charge in [0.2, 0.25) is 0 Å². The molecule has 12 aromatic rings. The van der Waals surface area contributed by atoms with Crippen LogP contribution in [-0.2, 0) is 0 Å². The summed E-state index contributed by atoms with van der Waals surface area (Å²) < 4.78 is 9.05. The molecular formula is C48H27N3O. The Bertz CT molecular complexity index is 3320. The van der Waals surface area contributed by atoms with E-state index in [-0.39, 0.29) is 0 Å². The molecule has 0 saturated carbocycles. The van der Waals surface area contributed by atoms with Crippen LogP contribution in [0.5, 0.6) is 0 Å². The summed E-state index contributed by atoms with van der Waals surface area (Å²) in [6.07, 6.45) is 0. The highest BCUT2D eigenvalue weighted by Crippen LogP contribution is 2.45. The van der Waals surface area contributed by atoms with Crippen molar-refractivity contribution >= 4 is 87.1 Å². The Morgan fingerprint density at radius 2 is 0.981 bits per heavy atom. The predicted molar refractivity (Wildman–Crippen MR) is 216 cm³/mol. The van der Waals surface area contributed by atoms with Gasteiger partial charge >= 0.3 is 0 Å². The number of para-hydroxylation sites is 2. The van der Waals surface area contributed by atoms with Crippen LogP contribution in [0.15, 0.2) is 168 Å². The molecule has 0 unspecified atom stereocenters. The van der Waals surface area contributed by atoms with Gasteiger partial charge in [-0.05, 0) is 86.9 Å². The number of fused-ring (bicyclic) bond motifs is 3. The van der Waals surface area contributed by atoms with Gasteiger partial charge in [-0.2, -0.15) is 0 Å². The minimum Gasteiger partial charge on any atom is -0.456 e. The molecule has 0 atom stereocenters. The average Bonchev–Trinajstić information content (AvgIpc) is 3.46. The molecule has 0 saturated heterocycles. The van der Waals surface area contributed by atoms with Crippen molar-refractivity contribution in [2.45, 2.75) is 0 Å². The SMILES string of the molecule is c1ccc2c(-c3nc4ccccc4nc3-c3ccc4cc(-n5c6ccc7cccc8oc9cccc%10ccc5c(c%109)c6c78)ccc4c3)cccc2c1. The highest BCUT2D eigenvalue weighted by molar-refractivity contribution is 6.33. The van der Waals surface area contributed by atoms with E-state index in [1.807, 2.05) is 24.3 Å². The fourth-order valence-electron chi connectivity index (χ4n) is 8.59. The largest absolute Gasteiger partial charge is 0.456 e. The summed E-state index contributed by atoms with van der Waals surface area (Å²) in [6.45, 7) is 0. The zero-order valence-electron chi connectivity index (χ0n) is 27.8. The first-order valence-corrected chi connectivity index (χ1v) is 17.7. The van der Waals surface area contributed by atoms with Crippen molar-refractivity contribution in [1.82, 2.24) is 14.5 Å². The molecule has 0 spiro atoms. The molecule has 0 N–H and O–H groups in total. The van der Waals surface area contributed by atoms with Gasteiger partial charge in [-0.1, -0.05) is 109 Å². The fraction of sp³-hybridized carbons (Fsp3) is 0. The Kier molecular flexibility index (Phi) is 5.47. The second-order valence-electron chi connectivity index (χ2n) is 13.7. The van der Waals surface area contributed by atoms with Gasteiger partial charge in [0.25, 0.3) is 0 Å². The molecule has 0 amide bonds. The van der Waals surface area contributed by atoms with E-state index in [4.69, 9.17) is 14.4 Å². The molecule has 0 bridgehead atoms. The first kappa shape index (κ1) is 27.7. The van der Waals surface area contributed by atoms with Crippen LogP contribution in [0.25, 0.3) is 115 Å². The summed E-state index contributed by atoms with van der Waals surface area (Å²) in [4.78, 5) is 10.5. The third-order valence-corrected chi connectivity index (χ3v) is 10.9. The number of hydrogen-bond acceptors (Lipinski definition) is 3. The standard InChI is InChI=1S/C48H27N3O/c1-2-12-35-28(8-1)9-5-13-36(35)48-47(49-37-14-3-4-15-38(37)50-48)33-19-18-32-27-34(23-20-31(32)26-33)51-39-24-21-29-10-6-16-41-43(29)45(39)46-40(51)25-22-30-11-7-17-42(52-41)44(30)46/h1-27H. The van der Waals surface area contributed by atoms with Crippen molar-refractivity contribution in [3.05, 3.63) is 164 Å². The number of benzene rings is 9. The summed E-state index contributed by atoms with van der Waals surface area (Å²) in [5.74, 6) is 0. The van der Waals surface area contributed by atoms with E-state index >= 15 is 0 Å². The zero-order valence-corrected chi connectivity index (χ0v) is 27.8. The highest BCUT2D eigenvalue weighted by atomic mass is 16.3. The van der Waals surface area contributed by atoms with Gasteiger partial charge in [0.15, 0.2) is 0 Å². The monoisotopic (exact) mass is 661 g/mol. The molecule has 9 aromatic carbocycles. The van der Waals surface area contributed by atoms with Gasteiger partial charge in [-0.25, -0.2) is 9.97 Å². The highest BCUT2D eigenvalue weighted by Gasteiger charge is 2.22. The number of hydrogen-bond donors (Lipinski definition) is 0. The van der Waals surface area contributed by atoms with E-state index in [1.165, 1.54) is 43.4 Å². The Morgan fingerprint density at radius 1 is 0.404 bits per heavy atom. The maximum Gasteiger partial charge on any atom is 0.135 e.